The first kappa shape index (κ1) is 10.5. The summed E-state index contributed by atoms with van der Waals surface area (Å²) in [6, 6.07) is 7.60. The number of carbonyl (C=O) groups excluding carboxylic acids is 2. The van der Waals surface area contributed by atoms with Crippen molar-refractivity contribution < 1.29 is 14.3 Å². The van der Waals surface area contributed by atoms with Gasteiger partial charge >= 0.3 is 5.97 Å². The van der Waals surface area contributed by atoms with E-state index in [1.165, 1.54) is 0 Å². The zero-order valence-electron chi connectivity index (χ0n) is 9.57. The van der Waals surface area contributed by atoms with E-state index in [0.717, 1.165) is 18.4 Å². The van der Waals surface area contributed by atoms with Gasteiger partial charge in [0.15, 0.2) is 0 Å². The van der Waals surface area contributed by atoms with Crippen LogP contribution in [-0.2, 0) is 15.0 Å². The number of ketones is 1. The lowest BCUT2D eigenvalue weighted by Crippen LogP contribution is -2.40. The second-order valence-corrected chi connectivity index (χ2v) is 5.00. The molecule has 1 aromatic rings. The largest absolute Gasteiger partial charge is 0.426 e. The lowest BCUT2D eigenvalue weighted by molar-refractivity contribution is -0.138. The number of hydrogen-bond acceptors (Lipinski definition) is 3. The van der Waals surface area contributed by atoms with Crippen molar-refractivity contribution in [1.82, 2.24) is 0 Å². The smallest absolute Gasteiger partial charge is 0.312 e. The van der Waals surface area contributed by atoms with E-state index in [2.05, 4.69) is 0 Å². The number of rotatable bonds is 0. The Balaban J connectivity index is 2.10. The molecule has 1 aliphatic carbocycles. The minimum Gasteiger partial charge on any atom is -0.426 e. The molecule has 1 unspecified atom stereocenters. The van der Waals surface area contributed by atoms with Crippen LogP contribution in [0.2, 0.25) is 0 Å². The zero-order chi connectivity index (χ0) is 11.9. The topological polar surface area (TPSA) is 43.4 Å². The van der Waals surface area contributed by atoms with E-state index < -0.39 is 0 Å². The van der Waals surface area contributed by atoms with Crippen molar-refractivity contribution in [1.29, 1.82) is 0 Å². The molecule has 1 fully saturated rings. The van der Waals surface area contributed by atoms with Crippen LogP contribution in [0.4, 0.5) is 0 Å². The fourth-order valence-electron chi connectivity index (χ4n) is 3.08. The van der Waals surface area contributed by atoms with Crippen LogP contribution in [0.5, 0.6) is 5.75 Å². The SMILES string of the molecule is O=C1CCCC2(C1)CC(=O)Oc1ccccc12. The van der Waals surface area contributed by atoms with E-state index in [1.807, 2.05) is 24.3 Å². The van der Waals surface area contributed by atoms with Crippen molar-refractivity contribution >= 4 is 11.8 Å². The second-order valence-electron chi connectivity index (χ2n) is 5.00. The average molecular weight is 230 g/mol. The van der Waals surface area contributed by atoms with Gasteiger partial charge in [0.2, 0.25) is 0 Å². The molecule has 0 N–H and O–H groups in total. The molecule has 1 aromatic carbocycles. The highest BCUT2D eigenvalue weighted by molar-refractivity contribution is 5.85. The van der Waals surface area contributed by atoms with Crippen LogP contribution < -0.4 is 4.74 Å². The Labute approximate surface area is 99.8 Å². The number of para-hydroxylation sites is 1. The van der Waals surface area contributed by atoms with Gasteiger partial charge in [0, 0.05) is 23.8 Å². The lowest BCUT2D eigenvalue weighted by Gasteiger charge is -2.39. The molecule has 1 aliphatic heterocycles. The number of carbonyl (C=O) groups is 2. The summed E-state index contributed by atoms with van der Waals surface area (Å²) in [7, 11) is 0. The van der Waals surface area contributed by atoms with Gasteiger partial charge in [0.25, 0.3) is 0 Å². The van der Waals surface area contributed by atoms with E-state index in [-0.39, 0.29) is 17.2 Å². The third-order valence-corrected chi connectivity index (χ3v) is 3.81. The molecule has 2 aliphatic rings. The molecule has 1 atom stereocenters. The van der Waals surface area contributed by atoms with Crippen LogP contribution in [0.15, 0.2) is 24.3 Å². The number of esters is 1. The summed E-state index contributed by atoms with van der Waals surface area (Å²) in [5.41, 5.74) is 0.744. The Hall–Kier alpha value is -1.64. The normalized spacial score (nSPS) is 27.8. The van der Waals surface area contributed by atoms with Gasteiger partial charge in [0.05, 0.1) is 6.42 Å². The minimum absolute atomic E-state index is 0.210. The van der Waals surface area contributed by atoms with Crippen molar-refractivity contribution in [3.63, 3.8) is 0 Å². The van der Waals surface area contributed by atoms with Gasteiger partial charge in [-0.1, -0.05) is 18.2 Å². The van der Waals surface area contributed by atoms with Crippen LogP contribution in [0, 0.1) is 0 Å². The van der Waals surface area contributed by atoms with Gasteiger partial charge < -0.3 is 4.74 Å². The maximum absolute atomic E-state index is 11.7. The molecule has 88 valence electrons. The van der Waals surface area contributed by atoms with Crippen molar-refractivity contribution in [3.8, 4) is 5.75 Å². The molecule has 1 spiro atoms. The monoisotopic (exact) mass is 230 g/mol. The van der Waals surface area contributed by atoms with E-state index in [0.29, 0.717) is 25.0 Å². The number of ether oxygens (including phenoxy) is 1. The third kappa shape index (κ3) is 1.66. The third-order valence-electron chi connectivity index (χ3n) is 3.81. The average Bonchev–Trinajstić information content (AvgIpc) is 2.28. The predicted molar refractivity (Wildman–Crippen MR) is 61.8 cm³/mol. The van der Waals surface area contributed by atoms with Gasteiger partial charge in [-0.3, -0.25) is 9.59 Å². The fraction of sp³-hybridized carbons (Fsp3) is 0.429. The van der Waals surface area contributed by atoms with E-state index >= 15 is 0 Å². The molecule has 1 heterocycles. The first-order valence-electron chi connectivity index (χ1n) is 6.02. The summed E-state index contributed by atoms with van der Waals surface area (Å²) in [6.07, 6.45) is 3.26. The molecule has 3 rings (SSSR count). The predicted octanol–water partition coefficient (Wildman–Crippen LogP) is 2.38. The molecular formula is C14H14O3. The molecule has 17 heavy (non-hydrogen) atoms. The first-order chi connectivity index (χ1) is 8.20. The maximum Gasteiger partial charge on any atom is 0.312 e. The van der Waals surface area contributed by atoms with E-state index in [4.69, 9.17) is 4.74 Å². The molecule has 0 amide bonds. The number of Topliss-reactive ketones (excluding diaryl/α,β-unsaturated/α-hetero) is 1. The molecular weight excluding hydrogens is 216 g/mol. The van der Waals surface area contributed by atoms with Gasteiger partial charge in [-0.15, -0.1) is 0 Å². The number of fused-ring (bicyclic) bond motifs is 2. The van der Waals surface area contributed by atoms with Crippen molar-refractivity contribution in [2.75, 3.05) is 0 Å². The fourth-order valence-corrected chi connectivity index (χ4v) is 3.08. The van der Waals surface area contributed by atoms with Crippen LogP contribution >= 0.6 is 0 Å². The summed E-state index contributed by atoms with van der Waals surface area (Å²) in [5.74, 6) is 0.692. The van der Waals surface area contributed by atoms with Crippen molar-refractivity contribution in [2.24, 2.45) is 0 Å². The van der Waals surface area contributed by atoms with Gasteiger partial charge in [0.1, 0.15) is 11.5 Å². The Morgan fingerprint density at radius 3 is 2.76 bits per heavy atom. The Morgan fingerprint density at radius 2 is 1.94 bits per heavy atom. The second kappa shape index (κ2) is 3.69. The van der Waals surface area contributed by atoms with Crippen LogP contribution in [0.1, 0.15) is 37.7 Å². The first-order valence-corrected chi connectivity index (χ1v) is 6.02. The summed E-state index contributed by atoms with van der Waals surface area (Å²) < 4.78 is 5.24. The highest BCUT2D eigenvalue weighted by Crippen LogP contribution is 2.47. The molecule has 0 bridgehead atoms. The van der Waals surface area contributed by atoms with Crippen LogP contribution in [0.3, 0.4) is 0 Å². The summed E-state index contributed by atoms with van der Waals surface area (Å²) in [4.78, 5) is 23.4. The van der Waals surface area contributed by atoms with Gasteiger partial charge in [-0.25, -0.2) is 0 Å². The zero-order valence-corrected chi connectivity index (χ0v) is 9.57. The lowest BCUT2D eigenvalue weighted by atomic mass is 9.66. The molecule has 3 nitrogen and oxygen atoms in total. The minimum atomic E-state index is -0.290. The number of benzene rings is 1. The van der Waals surface area contributed by atoms with E-state index in [9.17, 15) is 9.59 Å². The Kier molecular flexibility index (Phi) is 2.28. The quantitative estimate of drug-likeness (QED) is 0.507. The van der Waals surface area contributed by atoms with Gasteiger partial charge in [-0.05, 0) is 18.9 Å². The standard InChI is InChI=1S/C14H14O3/c15-10-4-3-7-14(8-10)9-13(16)17-12-6-2-1-5-11(12)14/h1-2,5-6H,3-4,7-9H2. The van der Waals surface area contributed by atoms with Crippen molar-refractivity contribution in [2.45, 2.75) is 37.5 Å². The highest BCUT2D eigenvalue weighted by Gasteiger charge is 2.44. The molecule has 0 aromatic heterocycles. The Morgan fingerprint density at radius 1 is 1.12 bits per heavy atom. The summed E-state index contributed by atoms with van der Waals surface area (Å²) in [6.45, 7) is 0. The van der Waals surface area contributed by atoms with E-state index in [1.54, 1.807) is 0 Å². The molecule has 0 radical (unpaired) electrons. The van der Waals surface area contributed by atoms with Crippen molar-refractivity contribution in [3.05, 3.63) is 29.8 Å². The number of hydrogen-bond donors (Lipinski definition) is 0. The van der Waals surface area contributed by atoms with Crippen LogP contribution in [-0.4, -0.2) is 11.8 Å². The van der Waals surface area contributed by atoms with Gasteiger partial charge in [-0.2, -0.15) is 0 Å². The highest BCUT2D eigenvalue weighted by atomic mass is 16.5. The summed E-state index contributed by atoms with van der Waals surface area (Å²) >= 11 is 0. The summed E-state index contributed by atoms with van der Waals surface area (Å²) in [5, 5.41) is 0. The maximum atomic E-state index is 11.7. The van der Waals surface area contributed by atoms with Crippen LogP contribution in [0.25, 0.3) is 0 Å². The molecule has 3 heteroatoms. The Bertz CT molecular complexity index is 492. The molecule has 0 saturated heterocycles. The molecule has 1 saturated carbocycles.